The van der Waals surface area contributed by atoms with Crippen molar-refractivity contribution in [3.63, 3.8) is 0 Å². The highest BCUT2D eigenvalue weighted by Gasteiger charge is 2.38. The highest BCUT2D eigenvalue weighted by molar-refractivity contribution is 7.45. The lowest BCUT2D eigenvalue weighted by Gasteiger charge is -2.38. The van der Waals surface area contributed by atoms with E-state index in [1.807, 2.05) is 0 Å². The summed E-state index contributed by atoms with van der Waals surface area (Å²) in [7, 11) is -1.33. The molecule has 0 radical (unpaired) electrons. The van der Waals surface area contributed by atoms with Gasteiger partial charge in [0.1, 0.15) is 13.2 Å². The van der Waals surface area contributed by atoms with Gasteiger partial charge in [-0.2, -0.15) is 0 Å². The third kappa shape index (κ3) is 6.60. The summed E-state index contributed by atoms with van der Waals surface area (Å²) in [5.41, 5.74) is 4.00. The van der Waals surface area contributed by atoms with E-state index in [1.54, 1.807) is 0 Å². The van der Waals surface area contributed by atoms with E-state index >= 15 is 0 Å². The molecule has 0 atom stereocenters. The van der Waals surface area contributed by atoms with Crippen LogP contribution in [0.15, 0.2) is 0 Å². The Morgan fingerprint density at radius 2 is 1.60 bits per heavy atom. The maximum absolute atomic E-state index is 10.6. The van der Waals surface area contributed by atoms with Gasteiger partial charge in [-0.05, 0) is 25.7 Å². The number of hydrogen-bond acceptors (Lipinski definition) is 6. The molecule has 20 heavy (non-hydrogen) atoms. The van der Waals surface area contributed by atoms with E-state index in [9.17, 15) is 9.46 Å². The molecule has 0 aromatic rings. The molecule has 0 aromatic heterocycles. The molecule has 1 saturated heterocycles. The van der Waals surface area contributed by atoms with E-state index in [0.29, 0.717) is 0 Å². The van der Waals surface area contributed by atoms with Gasteiger partial charge in [0.15, 0.2) is 0 Å². The third-order valence-corrected chi connectivity index (χ3v) is 4.24. The van der Waals surface area contributed by atoms with Crippen LogP contribution < -0.4 is 10.6 Å². The first-order valence-corrected chi connectivity index (χ1v) is 7.92. The molecule has 2 aliphatic rings. The van der Waals surface area contributed by atoms with Gasteiger partial charge in [0.25, 0.3) is 7.82 Å². The average molecular weight is 315 g/mol. The lowest BCUT2D eigenvalue weighted by atomic mass is 9.97. The summed E-state index contributed by atoms with van der Waals surface area (Å²) >= 11 is 0. The highest BCUT2D eigenvalue weighted by Crippen LogP contribution is 2.44. The third-order valence-electron chi connectivity index (χ3n) is 3.35. The predicted molar refractivity (Wildman–Crippen MR) is 69.6 cm³/mol. The smallest absolute Gasteiger partial charge is 0.268 e. The molecule has 1 heterocycles. The first kappa shape index (κ1) is 19.9. The Morgan fingerprint density at radius 3 is 1.90 bits per heavy atom. The van der Waals surface area contributed by atoms with E-state index in [-0.39, 0.29) is 18.7 Å². The van der Waals surface area contributed by atoms with Crippen molar-refractivity contribution in [2.45, 2.75) is 43.9 Å². The van der Waals surface area contributed by atoms with E-state index in [4.69, 9.17) is 9.47 Å². The molecule has 122 valence electrons. The second-order valence-electron chi connectivity index (χ2n) is 4.82. The van der Waals surface area contributed by atoms with Crippen LogP contribution in [0.2, 0.25) is 0 Å². The molecular weight excluding hydrogens is 289 g/mol. The monoisotopic (exact) mass is 315 g/mol. The normalized spacial score (nSPS) is 25.0. The number of quaternary nitrogens is 1. The summed E-state index contributed by atoms with van der Waals surface area (Å²) in [6, 6.07) is 0.786. The molecule has 0 amide bonds. The summed E-state index contributed by atoms with van der Waals surface area (Å²) in [5.74, 6) is -1.10. The second-order valence-corrected chi connectivity index (χ2v) is 6.23. The lowest BCUT2D eigenvalue weighted by molar-refractivity contribution is -0.425. The van der Waals surface area contributed by atoms with Gasteiger partial charge < -0.3 is 34.6 Å². The van der Waals surface area contributed by atoms with Crippen molar-refractivity contribution in [2.75, 3.05) is 27.4 Å². The zero-order chi connectivity index (χ0) is 14.4. The van der Waals surface area contributed by atoms with E-state index < -0.39 is 13.6 Å². The maximum atomic E-state index is 10.6. The Balaban J connectivity index is 0.000000387. The van der Waals surface area contributed by atoms with Gasteiger partial charge in [-0.15, -0.1) is 0 Å². The van der Waals surface area contributed by atoms with Crippen LogP contribution in [0.4, 0.5) is 0 Å². The SMILES string of the molecule is COC1(OC)COP(=O)([O-])OC1.O.[NH3+]C1CCCCC1. The number of hydrogen-bond donors (Lipinski definition) is 1. The molecule has 5 N–H and O–H groups in total. The fourth-order valence-corrected chi connectivity index (χ4v) is 2.72. The van der Waals surface area contributed by atoms with Crippen LogP contribution in [-0.4, -0.2) is 44.7 Å². The van der Waals surface area contributed by atoms with Crippen molar-refractivity contribution in [3.8, 4) is 0 Å². The molecule has 0 unspecified atom stereocenters. The van der Waals surface area contributed by atoms with Gasteiger partial charge in [-0.3, -0.25) is 4.57 Å². The minimum atomic E-state index is -4.10. The van der Waals surface area contributed by atoms with Gasteiger partial charge in [0, 0.05) is 14.2 Å². The molecule has 0 spiro atoms. The minimum absolute atomic E-state index is 0. The quantitative estimate of drug-likeness (QED) is 0.524. The van der Waals surface area contributed by atoms with Gasteiger partial charge in [0.2, 0.25) is 5.79 Å². The average Bonchev–Trinajstić information content (AvgIpc) is 2.41. The highest BCUT2D eigenvalue weighted by atomic mass is 31.2. The van der Waals surface area contributed by atoms with Crippen LogP contribution in [0.5, 0.6) is 0 Å². The topological polar surface area (TPSA) is 136 Å². The van der Waals surface area contributed by atoms with Gasteiger partial charge in [0.05, 0.1) is 6.04 Å². The van der Waals surface area contributed by atoms with Crippen LogP contribution in [0.3, 0.4) is 0 Å². The molecule has 1 saturated carbocycles. The molecule has 2 fully saturated rings. The van der Waals surface area contributed by atoms with Crippen molar-refractivity contribution in [3.05, 3.63) is 0 Å². The van der Waals surface area contributed by atoms with Crippen molar-refractivity contribution >= 4 is 7.82 Å². The lowest BCUT2D eigenvalue weighted by Crippen LogP contribution is -2.61. The molecule has 2 rings (SSSR count). The standard InChI is InChI=1S/C6H13N.C5H11O6P.H2O/c7-6-4-2-1-3-5-6;1-8-5(9-2)3-10-12(6,7)11-4-5;/h6H,1-5,7H2;3-4H2,1-2H3,(H,6,7);1H2. The van der Waals surface area contributed by atoms with Crippen LogP contribution in [-0.2, 0) is 23.1 Å². The summed E-state index contributed by atoms with van der Waals surface area (Å²) < 4.78 is 29.2. The minimum Gasteiger partial charge on any atom is -0.756 e. The zero-order valence-corrected chi connectivity index (χ0v) is 13.0. The van der Waals surface area contributed by atoms with Crippen molar-refractivity contribution in [2.24, 2.45) is 0 Å². The number of phosphoric ester groups is 1. The maximum Gasteiger partial charge on any atom is 0.268 e. The summed E-state index contributed by atoms with van der Waals surface area (Å²) in [6.07, 6.45) is 7.05. The van der Waals surface area contributed by atoms with Gasteiger partial charge >= 0.3 is 0 Å². The summed E-state index contributed by atoms with van der Waals surface area (Å²) in [4.78, 5) is 10.6. The van der Waals surface area contributed by atoms with E-state index in [1.165, 1.54) is 46.3 Å². The summed E-state index contributed by atoms with van der Waals surface area (Å²) in [6.45, 7) is -0.360. The van der Waals surface area contributed by atoms with Crippen LogP contribution in [0, 0.1) is 0 Å². The first-order chi connectivity index (χ1) is 8.93. The molecule has 9 heteroatoms. The van der Waals surface area contributed by atoms with Crippen molar-refractivity contribution in [1.29, 1.82) is 0 Å². The number of ether oxygens (including phenoxy) is 2. The number of rotatable bonds is 2. The molecule has 1 aliphatic heterocycles. The molecule has 1 aliphatic carbocycles. The van der Waals surface area contributed by atoms with E-state index in [2.05, 4.69) is 14.8 Å². The largest absolute Gasteiger partial charge is 0.756 e. The van der Waals surface area contributed by atoms with E-state index in [0.717, 1.165) is 6.04 Å². The van der Waals surface area contributed by atoms with Crippen molar-refractivity contribution in [1.82, 2.24) is 0 Å². The van der Waals surface area contributed by atoms with Gasteiger partial charge in [-0.25, -0.2) is 0 Å². The summed E-state index contributed by atoms with van der Waals surface area (Å²) in [5, 5.41) is 0. The number of phosphoric acid groups is 1. The molecule has 0 aromatic carbocycles. The molecule has 0 bridgehead atoms. The Morgan fingerprint density at radius 1 is 1.15 bits per heavy atom. The van der Waals surface area contributed by atoms with Crippen LogP contribution in [0.25, 0.3) is 0 Å². The Hall–Kier alpha value is -0.0500. The van der Waals surface area contributed by atoms with Crippen LogP contribution in [0.1, 0.15) is 32.1 Å². The Kier molecular flexibility index (Phi) is 9.04. The molecule has 8 nitrogen and oxygen atoms in total. The Labute approximate surface area is 119 Å². The molecular formula is C11H26NO7P. The zero-order valence-electron chi connectivity index (χ0n) is 12.1. The van der Waals surface area contributed by atoms with Crippen molar-refractivity contribution < 1.29 is 39.2 Å². The van der Waals surface area contributed by atoms with Crippen LogP contribution >= 0.6 is 7.82 Å². The fraction of sp³-hybridized carbons (Fsp3) is 1.00. The fourth-order valence-electron chi connectivity index (χ4n) is 1.94. The second kappa shape index (κ2) is 9.07. The predicted octanol–water partition coefficient (Wildman–Crippen LogP) is -0.773. The first-order valence-electron chi connectivity index (χ1n) is 6.46. The van der Waals surface area contributed by atoms with Gasteiger partial charge in [-0.1, -0.05) is 6.42 Å². The number of methoxy groups -OCH3 is 2. The Bertz CT molecular complexity index is 291.